The van der Waals surface area contributed by atoms with Crippen molar-refractivity contribution in [2.45, 2.75) is 13.8 Å². The maximum absolute atomic E-state index is 6.45. The van der Waals surface area contributed by atoms with Gasteiger partial charge in [-0.3, -0.25) is 0 Å². The van der Waals surface area contributed by atoms with Gasteiger partial charge in [0, 0.05) is 27.3 Å². The minimum atomic E-state index is 0.719. The van der Waals surface area contributed by atoms with Crippen LogP contribution in [0.2, 0.25) is 0 Å². The van der Waals surface area contributed by atoms with Crippen molar-refractivity contribution < 1.29 is 4.42 Å². The molecule has 0 saturated heterocycles. The van der Waals surface area contributed by atoms with Gasteiger partial charge in [-0.1, -0.05) is 121 Å². The van der Waals surface area contributed by atoms with Gasteiger partial charge in [0.1, 0.15) is 11.2 Å². The van der Waals surface area contributed by atoms with Gasteiger partial charge in [0.15, 0.2) is 5.82 Å². The Hall–Kier alpha value is -6.32. The second kappa shape index (κ2) is 11.7. The Morgan fingerprint density at radius 2 is 1.06 bits per heavy atom. The lowest BCUT2D eigenvalue weighted by Gasteiger charge is -2.12. The van der Waals surface area contributed by atoms with Crippen LogP contribution in [0.1, 0.15) is 11.1 Å². The number of hydrogen-bond donors (Lipinski definition) is 0. The van der Waals surface area contributed by atoms with Crippen LogP contribution < -0.4 is 0 Å². The Balaban J connectivity index is 1.22. The van der Waals surface area contributed by atoms with Crippen molar-refractivity contribution >= 4 is 32.8 Å². The number of hydrogen-bond acceptors (Lipinski definition) is 3. The standard InChI is InChI=1S/C46H32N2O/c1-29-12-9-10-17-36(29)38-26-33(21-20-30(38)2)34-23-25-42-40(27-34)44-37(18-11-19-43(44)49-42)35-22-24-41-39(28-35)45(31-13-5-3-6-14-31)48-46(47-41)32-15-7-4-8-16-32/h3-28H,1-2H3. The van der Waals surface area contributed by atoms with E-state index in [0.717, 1.165) is 72.2 Å². The first-order chi connectivity index (χ1) is 24.1. The molecule has 0 fully saturated rings. The molecule has 49 heavy (non-hydrogen) atoms. The van der Waals surface area contributed by atoms with Gasteiger partial charge in [-0.25, -0.2) is 9.97 Å². The van der Waals surface area contributed by atoms with Crippen LogP contribution in [0.3, 0.4) is 0 Å². The minimum absolute atomic E-state index is 0.719. The maximum Gasteiger partial charge on any atom is 0.160 e. The van der Waals surface area contributed by atoms with E-state index in [-0.39, 0.29) is 0 Å². The van der Waals surface area contributed by atoms with Crippen molar-refractivity contribution in [1.29, 1.82) is 0 Å². The molecule has 0 aliphatic rings. The Kier molecular flexibility index (Phi) is 6.91. The van der Waals surface area contributed by atoms with Crippen molar-refractivity contribution in [3.63, 3.8) is 0 Å². The van der Waals surface area contributed by atoms with E-state index >= 15 is 0 Å². The van der Waals surface area contributed by atoms with Crippen molar-refractivity contribution in [2.75, 3.05) is 0 Å². The molecule has 0 bridgehead atoms. The molecule has 3 heteroatoms. The van der Waals surface area contributed by atoms with Crippen LogP contribution in [0.5, 0.6) is 0 Å². The summed E-state index contributed by atoms with van der Waals surface area (Å²) in [7, 11) is 0. The fraction of sp³-hybridized carbons (Fsp3) is 0.0435. The van der Waals surface area contributed by atoms with Gasteiger partial charge < -0.3 is 4.42 Å². The summed E-state index contributed by atoms with van der Waals surface area (Å²) in [6.07, 6.45) is 0. The fourth-order valence-electron chi connectivity index (χ4n) is 7.04. The zero-order valence-corrected chi connectivity index (χ0v) is 27.3. The summed E-state index contributed by atoms with van der Waals surface area (Å²) in [6, 6.07) is 55.3. The Labute approximate surface area is 285 Å². The Bertz CT molecular complexity index is 2670. The first-order valence-corrected chi connectivity index (χ1v) is 16.7. The average Bonchev–Trinajstić information content (AvgIpc) is 3.54. The van der Waals surface area contributed by atoms with Crippen LogP contribution in [-0.2, 0) is 0 Å². The van der Waals surface area contributed by atoms with Crippen LogP contribution in [0.4, 0.5) is 0 Å². The number of fused-ring (bicyclic) bond motifs is 4. The van der Waals surface area contributed by atoms with E-state index in [0.29, 0.717) is 0 Å². The normalized spacial score (nSPS) is 11.5. The van der Waals surface area contributed by atoms with Crippen molar-refractivity contribution in [1.82, 2.24) is 9.97 Å². The lowest BCUT2D eigenvalue weighted by Crippen LogP contribution is -1.95. The van der Waals surface area contributed by atoms with Gasteiger partial charge in [-0.15, -0.1) is 0 Å². The van der Waals surface area contributed by atoms with Gasteiger partial charge in [-0.2, -0.15) is 0 Å². The molecule has 9 rings (SSSR count). The number of rotatable bonds is 5. The molecular formula is C46H32N2O. The van der Waals surface area contributed by atoms with Gasteiger partial charge >= 0.3 is 0 Å². The highest BCUT2D eigenvalue weighted by molar-refractivity contribution is 6.14. The quantitative estimate of drug-likeness (QED) is 0.190. The molecule has 0 aliphatic heterocycles. The molecule has 0 saturated carbocycles. The first kappa shape index (κ1) is 28.9. The smallest absolute Gasteiger partial charge is 0.160 e. The summed E-state index contributed by atoms with van der Waals surface area (Å²) in [5.41, 5.74) is 15.2. The predicted octanol–water partition coefficient (Wildman–Crippen LogP) is 12.5. The van der Waals surface area contributed by atoms with Crippen molar-refractivity contribution in [3.05, 3.63) is 169 Å². The van der Waals surface area contributed by atoms with E-state index < -0.39 is 0 Å². The minimum Gasteiger partial charge on any atom is -0.456 e. The fourth-order valence-corrected chi connectivity index (χ4v) is 7.04. The molecule has 3 nitrogen and oxygen atoms in total. The van der Waals surface area contributed by atoms with Crippen LogP contribution in [0.15, 0.2) is 162 Å². The molecule has 0 N–H and O–H groups in total. The van der Waals surface area contributed by atoms with E-state index in [2.05, 4.69) is 147 Å². The van der Waals surface area contributed by atoms with Crippen molar-refractivity contribution in [3.8, 4) is 56.0 Å². The molecule has 232 valence electrons. The second-order valence-corrected chi connectivity index (χ2v) is 12.7. The highest BCUT2D eigenvalue weighted by atomic mass is 16.3. The highest BCUT2D eigenvalue weighted by Crippen LogP contribution is 2.41. The molecule has 0 atom stereocenters. The average molecular weight is 629 g/mol. The lowest BCUT2D eigenvalue weighted by molar-refractivity contribution is 0.669. The summed E-state index contributed by atoms with van der Waals surface area (Å²) < 4.78 is 6.45. The molecular weight excluding hydrogens is 597 g/mol. The molecule has 0 spiro atoms. The van der Waals surface area contributed by atoms with E-state index in [1.54, 1.807) is 0 Å². The number of furan rings is 1. The Morgan fingerprint density at radius 1 is 0.408 bits per heavy atom. The largest absolute Gasteiger partial charge is 0.456 e. The van der Waals surface area contributed by atoms with E-state index in [4.69, 9.17) is 14.4 Å². The SMILES string of the molecule is Cc1ccccc1-c1cc(-c2ccc3oc4cccc(-c5ccc6nc(-c7ccccc7)nc(-c7ccccc7)c6c5)c4c3c2)ccc1C. The number of aromatic nitrogens is 2. The predicted molar refractivity (Wildman–Crippen MR) is 203 cm³/mol. The molecule has 2 heterocycles. The number of aryl methyl sites for hydroxylation is 2. The molecule has 0 aliphatic carbocycles. The summed E-state index contributed by atoms with van der Waals surface area (Å²) in [5, 5.41) is 3.21. The molecule has 7 aromatic carbocycles. The third-order valence-corrected chi connectivity index (χ3v) is 9.59. The topological polar surface area (TPSA) is 38.9 Å². The highest BCUT2D eigenvalue weighted by Gasteiger charge is 2.17. The molecule has 0 unspecified atom stereocenters. The zero-order valence-electron chi connectivity index (χ0n) is 27.3. The molecule has 2 aromatic heterocycles. The van der Waals surface area contributed by atoms with Gasteiger partial charge in [0.2, 0.25) is 0 Å². The number of benzene rings is 7. The molecule has 0 amide bonds. The Morgan fingerprint density at radius 3 is 1.88 bits per heavy atom. The summed E-state index contributed by atoms with van der Waals surface area (Å²) >= 11 is 0. The van der Waals surface area contributed by atoms with Gasteiger partial charge in [0.05, 0.1) is 11.2 Å². The van der Waals surface area contributed by atoms with Crippen LogP contribution in [0.25, 0.3) is 88.9 Å². The van der Waals surface area contributed by atoms with Gasteiger partial charge in [-0.05, 0) is 94.8 Å². The third-order valence-electron chi connectivity index (χ3n) is 9.59. The van der Waals surface area contributed by atoms with Crippen LogP contribution in [0, 0.1) is 13.8 Å². The van der Waals surface area contributed by atoms with E-state index in [1.165, 1.54) is 27.8 Å². The van der Waals surface area contributed by atoms with Crippen molar-refractivity contribution in [2.24, 2.45) is 0 Å². The van der Waals surface area contributed by atoms with Crippen LogP contribution in [-0.4, -0.2) is 9.97 Å². The zero-order chi connectivity index (χ0) is 32.9. The third kappa shape index (κ3) is 5.08. The lowest BCUT2D eigenvalue weighted by atomic mass is 9.92. The number of nitrogens with zero attached hydrogens (tertiary/aromatic N) is 2. The molecule has 0 radical (unpaired) electrons. The van der Waals surface area contributed by atoms with Gasteiger partial charge in [0.25, 0.3) is 0 Å². The molecule has 9 aromatic rings. The van der Waals surface area contributed by atoms with E-state index in [1.807, 2.05) is 24.3 Å². The van der Waals surface area contributed by atoms with E-state index in [9.17, 15) is 0 Å². The van der Waals surface area contributed by atoms with Crippen LogP contribution >= 0.6 is 0 Å². The maximum atomic E-state index is 6.45. The summed E-state index contributed by atoms with van der Waals surface area (Å²) in [5.74, 6) is 0.719. The summed E-state index contributed by atoms with van der Waals surface area (Å²) in [6.45, 7) is 4.36. The summed E-state index contributed by atoms with van der Waals surface area (Å²) in [4.78, 5) is 10.2. The first-order valence-electron chi connectivity index (χ1n) is 16.7. The monoisotopic (exact) mass is 628 g/mol. The second-order valence-electron chi connectivity index (χ2n) is 12.7.